The fourth-order valence-electron chi connectivity index (χ4n) is 3.37. The monoisotopic (exact) mass is 324 g/mol. The second-order valence-electron chi connectivity index (χ2n) is 6.88. The fourth-order valence-corrected chi connectivity index (χ4v) is 3.37. The average molecular weight is 324 g/mol. The number of para-hydroxylation sites is 1. The van der Waals surface area contributed by atoms with Crippen molar-refractivity contribution < 1.29 is 4.79 Å². The maximum Gasteiger partial charge on any atom is 0.293 e. The Morgan fingerprint density at radius 1 is 0.958 bits per heavy atom. The number of likely N-dealkylation sites (tertiary alicyclic amines) is 1. The summed E-state index contributed by atoms with van der Waals surface area (Å²) >= 11 is 0. The highest BCUT2D eigenvalue weighted by molar-refractivity contribution is 5.90. The smallest absolute Gasteiger partial charge is 0.293 e. The van der Waals surface area contributed by atoms with E-state index < -0.39 is 0 Å². The average Bonchev–Trinajstić information content (AvgIpc) is 3.33. The van der Waals surface area contributed by atoms with Gasteiger partial charge in [0.1, 0.15) is 5.82 Å². The molecule has 5 heteroatoms. The number of amides is 1. The molecule has 2 fully saturated rings. The SMILES string of the molecule is O=C(c1nc(C2CC2)n(-c2ccccc2)n1)N1CCCCCCC1. The van der Waals surface area contributed by atoms with E-state index in [4.69, 9.17) is 0 Å². The van der Waals surface area contributed by atoms with Crippen LogP contribution in [0, 0.1) is 0 Å². The van der Waals surface area contributed by atoms with Crippen molar-refractivity contribution in [3.63, 3.8) is 0 Å². The van der Waals surface area contributed by atoms with Crippen LogP contribution in [0.2, 0.25) is 0 Å². The van der Waals surface area contributed by atoms with Crippen LogP contribution in [0.3, 0.4) is 0 Å². The van der Waals surface area contributed by atoms with Gasteiger partial charge in [-0.2, -0.15) is 0 Å². The van der Waals surface area contributed by atoms with Gasteiger partial charge in [0.2, 0.25) is 5.82 Å². The molecule has 24 heavy (non-hydrogen) atoms. The zero-order valence-corrected chi connectivity index (χ0v) is 14.0. The number of carbonyl (C=O) groups is 1. The summed E-state index contributed by atoms with van der Waals surface area (Å²) < 4.78 is 1.87. The van der Waals surface area contributed by atoms with E-state index in [1.807, 2.05) is 39.9 Å². The molecule has 0 bridgehead atoms. The minimum atomic E-state index is -0.00604. The fraction of sp³-hybridized carbons (Fsp3) is 0.526. The van der Waals surface area contributed by atoms with E-state index in [-0.39, 0.29) is 5.91 Å². The summed E-state index contributed by atoms with van der Waals surface area (Å²) in [4.78, 5) is 19.5. The van der Waals surface area contributed by atoms with Gasteiger partial charge in [0.15, 0.2) is 0 Å². The molecule has 1 aliphatic carbocycles. The van der Waals surface area contributed by atoms with Crippen molar-refractivity contribution in [3.05, 3.63) is 42.0 Å². The highest BCUT2D eigenvalue weighted by atomic mass is 16.2. The van der Waals surface area contributed by atoms with Crippen molar-refractivity contribution in [1.29, 1.82) is 0 Å². The van der Waals surface area contributed by atoms with E-state index >= 15 is 0 Å². The molecule has 1 aromatic carbocycles. The number of aromatic nitrogens is 3. The molecule has 0 radical (unpaired) electrons. The molecule has 1 saturated heterocycles. The lowest BCUT2D eigenvalue weighted by Gasteiger charge is -2.23. The Morgan fingerprint density at radius 2 is 1.62 bits per heavy atom. The maximum absolute atomic E-state index is 12.9. The third-order valence-electron chi connectivity index (χ3n) is 4.91. The van der Waals surface area contributed by atoms with E-state index in [9.17, 15) is 4.79 Å². The highest BCUT2D eigenvalue weighted by Crippen LogP contribution is 2.39. The van der Waals surface area contributed by atoms with E-state index in [0.29, 0.717) is 11.7 Å². The Bertz CT molecular complexity index is 697. The molecule has 0 spiro atoms. The van der Waals surface area contributed by atoms with Gasteiger partial charge >= 0.3 is 0 Å². The van der Waals surface area contributed by atoms with Crippen molar-refractivity contribution >= 4 is 5.91 Å². The molecule has 0 N–H and O–H groups in total. The van der Waals surface area contributed by atoms with E-state index in [1.54, 1.807) is 0 Å². The molecule has 2 aromatic rings. The van der Waals surface area contributed by atoms with Gasteiger partial charge in [0.05, 0.1) is 5.69 Å². The number of nitrogens with zero attached hydrogens (tertiary/aromatic N) is 4. The standard InChI is InChI=1S/C19H24N4O/c24-19(22-13-7-2-1-3-8-14-22)17-20-18(15-11-12-15)23(21-17)16-9-5-4-6-10-16/h4-6,9-10,15H,1-3,7-8,11-14H2. The van der Waals surface area contributed by atoms with Gasteiger partial charge in [0.25, 0.3) is 5.91 Å². The zero-order chi connectivity index (χ0) is 16.4. The molecule has 5 nitrogen and oxygen atoms in total. The maximum atomic E-state index is 12.9. The summed E-state index contributed by atoms with van der Waals surface area (Å²) in [6, 6.07) is 10.0. The molecular weight excluding hydrogens is 300 g/mol. The number of hydrogen-bond acceptors (Lipinski definition) is 3. The summed E-state index contributed by atoms with van der Waals surface area (Å²) in [6.07, 6.45) is 8.16. The van der Waals surface area contributed by atoms with Crippen molar-refractivity contribution in [2.75, 3.05) is 13.1 Å². The predicted molar refractivity (Wildman–Crippen MR) is 92.3 cm³/mol. The molecule has 1 aliphatic heterocycles. The molecule has 1 saturated carbocycles. The molecule has 2 heterocycles. The second kappa shape index (κ2) is 6.75. The molecule has 1 amide bonds. The third kappa shape index (κ3) is 3.21. The van der Waals surface area contributed by atoms with Crippen LogP contribution in [-0.4, -0.2) is 38.7 Å². The third-order valence-corrected chi connectivity index (χ3v) is 4.91. The molecule has 2 aliphatic rings. The number of carbonyl (C=O) groups excluding carboxylic acids is 1. The Hall–Kier alpha value is -2.17. The van der Waals surface area contributed by atoms with Crippen molar-refractivity contribution in [2.45, 2.75) is 50.9 Å². The van der Waals surface area contributed by atoms with Gasteiger partial charge in [-0.05, 0) is 37.8 Å². The van der Waals surface area contributed by atoms with Gasteiger partial charge in [-0.15, -0.1) is 5.10 Å². The molecular formula is C19H24N4O. The quantitative estimate of drug-likeness (QED) is 0.867. The topological polar surface area (TPSA) is 51.0 Å². The van der Waals surface area contributed by atoms with Crippen LogP contribution >= 0.6 is 0 Å². The van der Waals surface area contributed by atoms with Crippen LogP contribution in [0.4, 0.5) is 0 Å². The molecule has 0 unspecified atom stereocenters. The van der Waals surface area contributed by atoms with Crippen LogP contribution in [-0.2, 0) is 0 Å². The summed E-state index contributed by atoms with van der Waals surface area (Å²) in [5.41, 5.74) is 0.985. The Morgan fingerprint density at radius 3 is 2.29 bits per heavy atom. The van der Waals surface area contributed by atoms with Crippen LogP contribution in [0.25, 0.3) is 5.69 Å². The minimum absolute atomic E-state index is 0.00604. The van der Waals surface area contributed by atoms with Crippen molar-refractivity contribution in [3.8, 4) is 5.69 Å². The van der Waals surface area contributed by atoms with Gasteiger partial charge in [-0.1, -0.05) is 37.5 Å². The normalized spacial score (nSPS) is 18.9. The summed E-state index contributed by atoms with van der Waals surface area (Å²) in [6.45, 7) is 1.66. The van der Waals surface area contributed by atoms with Crippen molar-refractivity contribution in [2.24, 2.45) is 0 Å². The van der Waals surface area contributed by atoms with E-state index in [1.165, 1.54) is 19.3 Å². The van der Waals surface area contributed by atoms with Gasteiger partial charge < -0.3 is 4.90 Å². The number of benzene rings is 1. The molecule has 1 aromatic heterocycles. The minimum Gasteiger partial charge on any atom is -0.336 e. The van der Waals surface area contributed by atoms with Gasteiger partial charge in [0, 0.05) is 19.0 Å². The molecule has 4 rings (SSSR count). The first kappa shape index (κ1) is 15.4. The highest BCUT2D eigenvalue weighted by Gasteiger charge is 2.32. The Balaban J connectivity index is 1.62. The second-order valence-corrected chi connectivity index (χ2v) is 6.88. The Kier molecular flexibility index (Phi) is 4.32. The molecule has 126 valence electrons. The van der Waals surface area contributed by atoms with Crippen LogP contribution < -0.4 is 0 Å². The first-order valence-corrected chi connectivity index (χ1v) is 9.14. The van der Waals surface area contributed by atoms with Gasteiger partial charge in [-0.25, -0.2) is 9.67 Å². The number of hydrogen-bond donors (Lipinski definition) is 0. The largest absolute Gasteiger partial charge is 0.336 e. The lowest BCUT2D eigenvalue weighted by atomic mass is 10.1. The first-order valence-electron chi connectivity index (χ1n) is 9.14. The van der Waals surface area contributed by atoms with Gasteiger partial charge in [-0.3, -0.25) is 4.79 Å². The predicted octanol–water partition coefficient (Wildman–Crippen LogP) is 3.55. The van der Waals surface area contributed by atoms with E-state index in [0.717, 1.165) is 50.3 Å². The summed E-state index contributed by atoms with van der Waals surface area (Å²) in [5.74, 6) is 1.75. The summed E-state index contributed by atoms with van der Waals surface area (Å²) in [7, 11) is 0. The lowest BCUT2D eigenvalue weighted by molar-refractivity contribution is 0.0730. The van der Waals surface area contributed by atoms with Crippen LogP contribution in [0.15, 0.2) is 30.3 Å². The summed E-state index contributed by atoms with van der Waals surface area (Å²) in [5, 5.41) is 4.59. The Labute approximate surface area is 142 Å². The van der Waals surface area contributed by atoms with Crippen LogP contribution in [0.1, 0.15) is 67.3 Å². The van der Waals surface area contributed by atoms with E-state index in [2.05, 4.69) is 10.1 Å². The number of rotatable bonds is 3. The first-order chi connectivity index (χ1) is 11.8. The van der Waals surface area contributed by atoms with Crippen LogP contribution in [0.5, 0.6) is 0 Å². The lowest BCUT2D eigenvalue weighted by Crippen LogP contribution is -2.34. The van der Waals surface area contributed by atoms with Crippen molar-refractivity contribution in [1.82, 2.24) is 19.7 Å². The zero-order valence-electron chi connectivity index (χ0n) is 14.0. The molecule has 0 atom stereocenters.